The average Bonchev–Trinajstić information content (AvgIpc) is 2.40. The van der Waals surface area contributed by atoms with Crippen molar-refractivity contribution in [3.05, 3.63) is 29.8 Å². The first kappa shape index (κ1) is 14.5. The number of hydrogen-bond acceptors (Lipinski definition) is 4. The molecule has 0 radical (unpaired) electrons. The number of amides is 1. The summed E-state index contributed by atoms with van der Waals surface area (Å²) in [5.41, 5.74) is 3.09. The van der Waals surface area contributed by atoms with Crippen LogP contribution in [-0.4, -0.2) is 24.2 Å². The lowest BCUT2D eigenvalue weighted by Gasteiger charge is -2.10. The maximum absolute atomic E-state index is 10.9. The first-order valence-electron chi connectivity index (χ1n) is 6.09. The highest BCUT2D eigenvalue weighted by molar-refractivity contribution is 5.75. The van der Waals surface area contributed by atoms with Crippen LogP contribution in [0, 0.1) is 0 Å². The summed E-state index contributed by atoms with van der Waals surface area (Å²) in [6, 6.07) is 7.65. The molecular weight excluding hydrogens is 232 g/mol. The van der Waals surface area contributed by atoms with E-state index in [1.165, 1.54) is 0 Å². The number of nitrogens with one attached hydrogen (secondary N) is 1. The van der Waals surface area contributed by atoms with Crippen molar-refractivity contribution in [2.24, 2.45) is 5.84 Å². The minimum Gasteiger partial charge on any atom is -0.493 e. The highest BCUT2D eigenvalue weighted by Gasteiger charge is 2.02. The van der Waals surface area contributed by atoms with Crippen molar-refractivity contribution in [3.63, 3.8) is 0 Å². The van der Waals surface area contributed by atoms with E-state index in [9.17, 15) is 4.79 Å². The number of hydrogen-bond donors (Lipinski definition) is 3. The molecule has 0 bridgehead atoms. The fourth-order valence-electron chi connectivity index (χ4n) is 1.61. The summed E-state index contributed by atoms with van der Waals surface area (Å²) in [4.78, 5) is 10.9. The van der Waals surface area contributed by atoms with Gasteiger partial charge in [0.1, 0.15) is 5.75 Å². The Morgan fingerprint density at radius 3 is 2.83 bits per heavy atom. The summed E-state index contributed by atoms with van der Waals surface area (Å²) in [5, 5.41) is 8.93. The van der Waals surface area contributed by atoms with E-state index in [1.807, 2.05) is 24.3 Å². The monoisotopic (exact) mass is 252 g/mol. The molecule has 0 saturated heterocycles. The lowest BCUT2D eigenvalue weighted by Crippen LogP contribution is -2.29. The van der Waals surface area contributed by atoms with E-state index in [4.69, 9.17) is 15.7 Å². The number of rotatable bonds is 8. The summed E-state index contributed by atoms with van der Waals surface area (Å²) in [5.74, 6) is 5.62. The Kier molecular flexibility index (Phi) is 6.83. The standard InChI is InChI=1S/C13H20N2O3/c14-15-13(17)7-3-4-10-18-12-6-2-1-5-11(12)8-9-16/h1-2,5-6,16H,3-4,7-10,14H2,(H,15,17). The molecule has 0 heterocycles. The summed E-state index contributed by atoms with van der Waals surface area (Å²) in [6.45, 7) is 0.664. The predicted molar refractivity (Wildman–Crippen MR) is 68.9 cm³/mol. The van der Waals surface area contributed by atoms with Crippen molar-refractivity contribution < 1.29 is 14.6 Å². The Balaban J connectivity index is 2.28. The molecule has 0 saturated carbocycles. The summed E-state index contributed by atoms with van der Waals surface area (Å²) < 4.78 is 5.63. The summed E-state index contributed by atoms with van der Waals surface area (Å²) in [6.07, 6.45) is 2.54. The molecule has 4 N–H and O–H groups in total. The normalized spacial score (nSPS) is 10.1. The number of carbonyl (C=O) groups is 1. The molecule has 1 rings (SSSR count). The van der Waals surface area contributed by atoms with E-state index in [1.54, 1.807) is 0 Å². The van der Waals surface area contributed by atoms with Crippen LogP contribution in [0.1, 0.15) is 24.8 Å². The molecule has 0 unspecified atom stereocenters. The van der Waals surface area contributed by atoms with Gasteiger partial charge in [-0.3, -0.25) is 10.2 Å². The Morgan fingerprint density at radius 1 is 1.33 bits per heavy atom. The third-order valence-corrected chi connectivity index (χ3v) is 2.57. The lowest BCUT2D eigenvalue weighted by atomic mass is 10.1. The smallest absolute Gasteiger partial charge is 0.233 e. The Morgan fingerprint density at radius 2 is 2.11 bits per heavy atom. The molecule has 0 spiro atoms. The molecule has 1 amide bonds. The third-order valence-electron chi connectivity index (χ3n) is 2.57. The van der Waals surface area contributed by atoms with Crippen LogP contribution in [-0.2, 0) is 11.2 Å². The van der Waals surface area contributed by atoms with Gasteiger partial charge in [-0.2, -0.15) is 0 Å². The zero-order chi connectivity index (χ0) is 13.2. The van der Waals surface area contributed by atoms with Gasteiger partial charge in [0.25, 0.3) is 0 Å². The van der Waals surface area contributed by atoms with Crippen LogP contribution in [0.5, 0.6) is 5.75 Å². The SMILES string of the molecule is NNC(=O)CCCCOc1ccccc1CCO. The van der Waals surface area contributed by atoms with Gasteiger partial charge in [-0.1, -0.05) is 18.2 Å². The second kappa shape index (κ2) is 8.49. The van der Waals surface area contributed by atoms with E-state index in [0.717, 1.165) is 24.2 Å². The maximum Gasteiger partial charge on any atom is 0.233 e. The molecule has 0 aromatic heterocycles. The molecule has 0 aliphatic heterocycles. The first-order valence-corrected chi connectivity index (χ1v) is 6.09. The van der Waals surface area contributed by atoms with Crippen LogP contribution in [0.4, 0.5) is 0 Å². The third kappa shape index (κ3) is 5.16. The molecule has 0 aliphatic carbocycles. The fraction of sp³-hybridized carbons (Fsp3) is 0.462. The number of benzene rings is 1. The van der Waals surface area contributed by atoms with Crippen molar-refractivity contribution in [2.75, 3.05) is 13.2 Å². The van der Waals surface area contributed by atoms with E-state index in [0.29, 0.717) is 19.4 Å². The number of ether oxygens (including phenoxy) is 1. The Hall–Kier alpha value is -1.59. The second-order valence-electron chi connectivity index (χ2n) is 3.95. The first-order chi connectivity index (χ1) is 8.77. The van der Waals surface area contributed by atoms with Crippen molar-refractivity contribution >= 4 is 5.91 Å². The van der Waals surface area contributed by atoms with Crippen LogP contribution in [0.25, 0.3) is 0 Å². The number of nitrogens with two attached hydrogens (primary N) is 1. The quantitative estimate of drug-likeness (QED) is 0.276. The topological polar surface area (TPSA) is 84.6 Å². The molecule has 0 fully saturated rings. The zero-order valence-corrected chi connectivity index (χ0v) is 10.4. The number of hydrazine groups is 1. The Labute approximate surface area is 107 Å². The van der Waals surface area contributed by atoms with Crippen LogP contribution in [0.15, 0.2) is 24.3 Å². The molecule has 1 aromatic carbocycles. The average molecular weight is 252 g/mol. The van der Waals surface area contributed by atoms with Crippen molar-refractivity contribution in [1.82, 2.24) is 5.43 Å². The van der Waals surface area contributed by atoms with Crippen molar-refractivity contribution in [2.45, 2.75) is 25.7 Å². The van der Waals surface area contributed by atoms with Gasteiger partial charge < -0.3 is 9.84 Å². The largest absolute Gasteiger partial charge is 0.493 e. The lowest BCUT2D eigenvalue weighted by molar-refractivity contribution is -0.121. The van der Waals surface area contributed by atoms with E-state index >= 15 is 0 Å². The number of carbonyl (C=O) groups excluding carboxylic acids is 1. The molecule has 1 aromatic rings. The van der Waals surface area contributed by atoms with E-state index < -0.39 is 0 Å². The summed E-state index contributed by atoms with van der Waals surface area (Å²) >= 11 is 0. The molecule has 5 nitrogen and oxygen atoms in total. The molecule has 18 heavy (non-hydrogen) atoms. The number of aliphatic hydroxyl groups is 1. The number of para-hydroxylation sites is 1. The van der Waals surface area contributed by atoms with Crippen LogP contribution < -0.4 is 16.0 Å². The van der Waals surface area contributed by atoms with Gasteiger partial charge in [0.05, 0.1) is 6.61 Å². The molecule has 100 valence electrons. The van der Waals surface area contributed by atoms with Crippen LogP contribution >= 0.6 is 0 Å². The van der Waals surface area contributed by atoms with Gasteiger partial charge >= 0.3 is 0 Å². The van der Waals surface area contributed by atoms with Gasteiger partial charge in [-0.25, -0.2) is 5.84 Å². The van der Waals surface area contributed by atoms with Gasteiger partial charge in [-0.15, -0.1) is 0 Å². The van der Waals surface area contributed by atoms with Crippen molar-refractivity contribution in [1.29, 1.82) is 0 Å². The van der Waals surface area contributed by atoms with Gasteiger partial charge in [0.15, 0.2) is 0 Å². The van der Waals surface area contributed by atoms with Crippen LogP contribution in [0.2, 0.25) is 0 Å². The van der Waals surface area contributed by atoms with Gasteiger partial charge in [-0.05, 0) is 30.9 Å². The summed E-state index contributed by atoms with van der Waals surface area (Å²) in [7, 11) is 0. The highest BCUT2D eigenvalue weighted by Crippen LogP contribution is 2.18. The highest BCUT2D eigenvalue weighted by atomic mass is 16.5. The number of aliphatic hydroxyl groups excluding tert-OH is 1. The van der Waals surface area contributed by atoms with Gasteiger partial charge in [0.2, 0.25) is 5.91 Å². The predicted octanol–water partition coefficient (Wildman–Crippen LogP) is 0.760. The molecule has 0 atom stereocenters. The minimum absolute atomic E-state index is 0.108. The zero-order valence-electron chi connectivity index (χ0n) is 10.4. The van der Waals surface area contributed by atoms with Crippen molar-refractivity contribution in [3.8, 4) is 5.75 Å². The maximum atomic E-state index is 10.9. The van der Waals surface area contributed by atoms with E-state index in [-0.39, 0.29) is 12.5 Å². The number of unbranched alkanes of at least 4 members (excludes halogenated alkanes) is 1. The second-order valence-corrected chi connectivity index (χ2v) is 3.95. The van der Waals surface area contributed by atoms with Gasteiger partial charge in [0, 0.05) is 13.0 Å². The fourth-order valence-corrected chi connectivity index (χ4v) is 1.61. The molecule has 5 heteroatoms. The minimum atomic E-state index is -0.157. The van der Waals surface area contributed by atoms with Crippen LogP contribution in [0.3, 0.4) is 0 Å². The molecular formula is C13H20N2O3. The molecule has 0 aliphatic rings. The Bertz CT molecular complexity index is 369. The van der Waals surface area contributed by atoms with E-state index in [2.05, 4.69) is 5.43 Å².